The molecule has 0 saturated heterocycles. The van der Waals surface area contributed by atoms with Gasteiger partial charge in [0.25, 0.3) is 5.91 Å². The lowest BCUT2D eigenvalue weighted by Gasteiger charge is -2.13. The lowest BCUT2D eigenvalue weighted by Crippen LogP contribution is -2.16. The van der Waals surface area contributed by atoms with Gasteiger partial charge >= 0.3 is 0 Å². The van der Waals surface area contributed by atoms with Gasteiger partial charge in [-0.25, -0.2) is 0 Å². The fraction of sp³-hybridized carbons (Fsp3) is 0.357. The summed E-state index contributed by atoms with van der Waals surface area (Å²) in [6.45, 7) is 10.7. The molecular weight excluding hydrogens is 428 g/mol. The summed E-state index contributed by atoms with van der Waals surface area (Å²) in [4.78, 5) is 17.4. The first kappa shape index (κ1) is 25.2. The Morgan fingerprint density at radius 1 is 0.912 bits per heavy atom. The van der Waals surface area contributed by atoms with Crippen LogP contribution in [0.15, 0.2) is 60.7 Å². The summed E-state index contributed by atoms with van der Waals surface area (Å²) in [5.74, 6) is 2.00. The number of anilines is 1. The summed E-state index contributed by atoms with van der Waals surface area (Å²) in [6, 6.07) is 18.5. The number of carbonyl (C=O) groups excluding carboxylic acids is 1. The molecule has 0 aliphatic rings. The minimum Gasteiger partial charge on any atom is -0.491 e. The number of nitrogens with one attached hydrogen (secondary N) is 1. The topological polar surface area (TPSA) is 69.7 Å². The molecule has 3 rings (SSSR count). The minimum atomic E-state index is -0.193. The van der Waals surface area contributed by atoms with E-state index in [0.717, 1.165) is 30.9 Å². The molecule has 0 saturated carbocycles. The summed E-state index contributed by atoms with van der Waals surface area (Å²) in [5, 5.41) is 2.93. The molecule has 1 aromatic heterocycles. The van der Waals surface area contributed by atoms with Gasteiger partial charge in [0.15, 0.2) is 0 Å². The standard InChI is InChI=1S/C28H34N2O4/c1-6-17-32-20(4)18-23-9-16-27(21(5)29-23)28(31)30-22-7-10-25(11-8-22)34-26-14-12-24(13-15-26)33-19(2)3/h7-16,19-20H,6,17-18H2,1-5H3,(H,30,31). The lowest BCUT2D eigenvalue weighted by molar-refractivity contribution is 0.0663. The van der Waals surface area contributed by atoms with Crippen LogP contribution < -0.4 is 14.8 Å². The second-order valence-corrected chi connectivity index (χ2v) is 8.54. The lowest BCUT2D eigenvalue weighted by atomic mass is 10.1. The molecule has 0 fully saturated rings. The van der Waals surface area contributed by atoms with Crippen LogP contribution in [0.3, 0.4) is 0 Å². The summed E-state index contributed by atoms with van der Waals surface area (Å²) in [5.41, 5.74) is 2.85. The molecule has 6 heteroatoms. The first-order valence-corrected chi connectivity index (χ1v) is 11.8. The number of hydrogen-bond donors (Lipinski definition) is 1. The van der Waals surface area contributed by atoms with Crippen molar-refractivity contribution in [1.82, 2.24) is 4.98 Å². The van der Waals surface area contributed by atoms with E-state index in [-0.39, 0.29) is 18.1 Å². The minimum absolute atomic E-state index is 0.0959. The average Bonchev–Trinajstić information content (AvgIpc) is 2.80. The zero-order valence-corrected chi connectivity index (χ0v) is 20.6. The Kier molecular flexibility index (Phi) is 9.05. The highest BCUT2D eigenvalue weighted by molar-refractivity contribution is 6.05. The normalized spacial score (nSPS) is 11.8. The number of hydrogen-bond acceptors (Lipinski definition) is 5. The molecule has 34 heavy (non-hydrogen) atoms. The van der Waals surface area contributed by atoms with Gasteiger partial charge in [-0.1, -0.05) is 6.92 Å². The van der Waals surface area contributed by atoms with Crippen molar-refractivity contribution in [2.75, 3.05) is 11.9 Å². The van der Waals surface area contributed by atoms with Crippen LogP contribution in [0, 0.1) is 6.92 Å². The van der Waals surface area contributed by atoms with Crippen molar-refractivity contribution in [3.63, 3.8) is 0 Å². The zero-order chi connectivity index (χ0) is 24.5. The zero-order valence-electron chi connectivity index (χ0n) is 20.6. The summed E-state index contributed by atoms with van der Waals surface area (Å²) >= 11 is 0. The number of carbonyl (C=O) groups is 1. The maximum atomic E-state index is 12.8. The first-order chi connectivity index (χ1) is 16.3. The Morgan fingerprint density at radius 2 is 1.53 bits per heavy atom. The van der Waals surface area contributed by atoms with E-state index >= 15 is 0 Å². The van der Waals surface area contributed by atoms with Gasteiger partial charge in [-0.15, -0.1) is 0 Å². The summed E-state index contributed by atoms with van der Waals surface area (Å²) in [6.07, 6.45) is 1.93. The smallest absolute Gasteiger partial charge is 0.257 e. The van der Waals surface area contributed by atoms with Gasteiger partial charge < -0.3 is 19.5 Å². The number of aromatic nitrogens is 1. The molecule has 0 spiro atoms. The monoisotopic (exact) mass is 462 g/mol. The predicted molar refractivity (Wildman–Crippen MR) is 135 cm³/mol. The molecule has 0 aliphatic heterocycles. The predicted octanol–water partition coefficient (Wildman–Crippen LogP) is 6.58. The van der Waals surface area contributed by atoms with Gasteiger partial charge in [-0.2, -0.15) is 0 Å². The number of ether oxygens (including phenoxy) is 3. The van der Waals surface area contributed by atoms with Crippen LogP contribution in [0.2, 0.25) is 0 Å². The highest BCUT2D eigenvalue weighted by atomic mass is 16.5. The quantitative estimate of drug-likeness (QED) is 0.349. The second kappa shape index (κ2) is 12.2. The molecule has 0 radical (unpaired) electrons. The van der Waals surface area contributed by atoms with Gasteiger partial charge in [0.1, 0.15) is 17.2 Å². The molecule has 1 N–H and O–H groups in total. The molecule has 1 unspecified atom stereocenters. The van der Waals surface area contributed by atoms with E-state index in [4.69, 9.17) is 14.2 Å². The molecule has 1 atom stereocenters. The molecule has 6 nitrogen and oxygen atoms in total. The fourth-order valence-electron chi connectivity index (χ4n) is 3.44. The van der Waals surface area contributed by atoms with E-state index in [1.807, 2.05) is 88.4 Å². The Balaban J connectivity index is 1.57. The number of benzene rings is 2. The van der Waals surface area contributed by atoms with Gasteiger partial charge in [0.05, 0.1) is 23.5 Å². The number of pyridine rings is 1. The molecule has 0 bridgehead atoms. The van der Waals surface area contributed by atoms with Crippen LogP contribution in [0.4, 0.5) is 5.69 Å². The van der Waals surface area contributed by atoms with Crippen molar-refractivity contribution in [2.24, 2.45) is 0 Å². The van der Waals surface area contributed by atoms with E-state index in [1.54, 1.807) is 0 Å². The molecular formula is C28H34N2O4. The van der Waals surface area contributed by atoms with Crippen LogP contribution in [-0.2, 0) is 11.2 Å². The Hall–Kier alpha value is -3.38. The molecule has 0 aliphatic carbocycles. The number of aryl methyl sites for hydroxylation is 1. The van der Waals surface area contributed by atoms with Crippen molar-refractivity contribution >= 4 is 11.6 Å². The number of rotatable bonds is 11. The summed E-state index contributed by atoms with van der Waals surface area (Å²) in [7, 11) is 0. The largest absolute Gasteiger partial charge is 0.491 e. The van der Waals surface area contributed by atoms with Crippen molar-refractivity contribution in [3.8, 4) is 17.2 Å². The number of nitrogens with zero attached hydrogens (tertiary/aromatic N) is 1. The summed E-state index contributed by atoms with van der Waals surface area (Å²) < 4.78 is 17.3. The third kappa shape index (κ3) is 7.59. The molecule has 2 aromatic carbocycles. The van der Waals surface area contributed by atoms with Crippen LogP contribution in [0.25, 0.3) is 0 Å². The van der Waals surface area contributed by atoms with Crippen LogP contribution in [0.5, 0.6) is 17.2 Å². The van der Waals surface area contributed by atoms with Crippen LogP contribution in [0.1, 0.15) is 55.9 Å². The van der Waals surface area contributed by atoms with Crippen molar-refractivity contribution in [1.29, 1.82) is 0 Å². The van der Waals surface area contributed by atoms with E-state index in [1.165, 1.54) is 0 Å². The van der Waals surface area contributed by atoms with Crippen LogP contribution >= 0.6 is 0 Å². The first-order valence-electron chi connectivity index (χ1n) is 11.8. The number of amides is 1. The maximum absolute atomic E-state index is 12.8. The average molecular weight is 463 g/mol. The molecule has 1 heterocycles. The van der Waals surface area contributed by atoms with Crippen molar-refractivity contribution < 1.29 is 19.0 Å². The Labute approximate surface area is 202 Å². The van der Waals surface area contributed by atoms with Crippen molar-refractivity contribution in [3.05, 3.63) is 77.6 Å². The maximum Gasteiger partial charge on any atom is 0.257 e. The third-order valence-electron chi connectivity index (χ3n) is 5.03. The van der Waals surface area contributed by atoms with E-state index in [0.29, 0.717) is 28.4 Å². The van der Waals surface area contributed by atoms with Crippen LogP contribution in [-0.4, -0.2) is 29.7 Å². The third-order valence-corrected chi connectivity index (χ3v) is 5.03. The molecule has 180 valence electrons. The van der Waals surface area contributed by atoms with Gasteiger partial charge in [-0.3, -0.25) is 9.78 Å². The van der Waals surface area contributed by atoms with E-state index in [9.17, 15) is 4.79 Å². The second-order valence-electron chi connectivity index (χ2n) is 8.54. The van der Waals surface area contributed by atoms with E-state index in [2.05, 4.69) is 17.2 Å². The fourth-order valence-corrected chi connectivity index (χ4v) is 3.44. The van der Waals surface area contributed by atoms with Crippen molar-refractivity contribution in [2.45, 2.75) is 59.7 Å². The SMILES string of the molecule is CCCOC(C)Cc1ccc(C(=O)Nc2ccc(Oc3ccc(OC(C)C)cc3)cc2)c(C)n1. The van der Waals surface area contributed by atoms with Gasteiger partial charge in [0.2, 0.25) is 0 Å². The van der Waals surface area contributed by atoms with Gasteiger partial charge in [0, 0.05) is 24.4 Å². The Morgan fingerprint density at radius 3 is 2.12 bits per heavy atom. The highest BCUT2D eigenvalue weighted by Gasteiger charge is 2.13. The molecule has 3 aromatic rings. The van der Waals surface area contributed by atoms with Gasteiger partial charge in [-0.05, 0) is 94.8 Å². The highest BCUT2D eigenvalue weighted by Crippen LogP contribution is 2.25. The Bertz CT molecular complexity index is 1060. The molecule has 1 amide bonds. The van der Waals surface area contributed by atoms with E-state index < -0.39 is 0 Å².